The van der Waals surface area contributed by atoms with Gasteiger partial charge in [-0.15, -0.1) is 0 Å². The molecule has 2 rings (SSSR count). The van der Waals surface area contributed by atoms with Crippen LogP contribution >= 0.6 is 0 Å². The first kappa shape index (κ1) is 16.7. The van der Waals surface area contributed by atoms with Crippen molar-refractivity contribution >= 4 is 12.3 Å². The van der Waals surface area contributed by atoms with E-state index in [9.17, 15) is 9.59 Å². The number of aromatic nitrogens is 1. The Morgan fingerprint density at radius 2 is 2.14 bits per heavy atom. The van der Waals surface area contributed by atoms with E-state index in [0.717, 1.165) is 11.8 Å². The Morgan fingerprint density at radius 1 is 1.38 bits per heavy atom. The molecule has 0 fully saturated rings. The molecule has 110 valence electrons. The second-order valence-corrected chi connectivity index (χ2v) is 4.26. The number of hydrogen-bond acceptors (Lipinski definition) is 3. The average Bonchev–Trinajstić information content (AvgIpc) is 2.47. The van der Waals surface area contributed by atoms with Crippen LogP contribution in [-0.4, -0.2) is 24.5 Å². The Labute approximate surface area is 128 Å². The monoisotopic (exact) mass is 307 g/mol. The molecular weight excluding hydrogens is 294 g/mol. The fourth-order valence-electron chi connectivity index (χ4n) is 1.94. The Hall–Kier alpha value is -2.40. The van der Waals surface area contributed by atoms with Gasteiger partial charge in [0.05, 0.1) is 12.7 Å². The maximum atomic E-state index is 10.9. The van der Waals surface area contributed by atoms with Crippen molar-refractivity contribution in [3.63, 3.8) is 0 Å². The van der Waals surface area contributed by atoms with Crippen LogP contribution in [0.1, 0.15) is 26.3 Å². The summed E-state index contributed by atoms with van der Waals surface area (Å²) in [6, 6.07) is 8.32. The molecule has 1 N–H and O–H groups in total. The molecule has 0 aliphatic heterocycles. The summed E-state index contributed by atoms with van der Waals surface area (Å²) < 4.78 is 6.98. The molecule has 2 aromatic rings. The van der Waals surface area contributed by atoms with Crippen LogP contribution in [0.25, 0.3) is 0 Å². The number of carboxylic acids is 1. The summed E-state index contributed by atoms with van der Waals surface area (Å²) in [5.74, 6) is -0.322. The fourth-order valence-corrected chi connectivity index (χ4v) is 1.94. The van der Waals surface area contributed by atoms with Crippen LogP contribution in [0.5, 0.6) is 5.75 Å². The molecule has 1 aromatic heterocycles. The van der Waals surface area contributed by atoms with Crippen molar-refractivity contribution in [1.82, 2.24) is 0 Å². The van der Waals surface area contributed by atoms with Gasteiger partial charge in [0.25, 0.3) is 0 Å². The predicted molar refractivity (Wildman–Crippen MR) is 71.1 cm³/mol. The SMILES string of the molecule is COc1ccc(C=O)cc1C[n+]1cccc(C(=O)O)c1.[Cl-]. The van der Waals surface area contributed by atoms with Gasteiger partial charge in [-0.1, -0.05) is 0 Å². The largest absolute Gasteiger partial charge is 1.00 e. The molecule has 0 bridgehead atoms. The number of ether oxygens (including phenoxy) is 1. The molecule has 0 radical (unpaired) electrons. The molecule has 0 aliphatic rings. The normalized spacial score (nSPS) is 9.57. The molecule has 6 heteroatoms. The number of benzene rings is 1. The van der Waals surface area contributed by atoms with Gasteiger partial charge < -0.3 is 22.3 Å². The molecule has 21 heavy (non-hydrogen) atoms. The van der Waals surface area contributed by atoms with Gasteiger partial charge in [0.15, 0.2) is 18.9 Å². The number of carboxylic acid groups (broad SMARTS) is 1. The minimum atomic E-state index is -0.979. The van der Waals surface area contributed by atoms with Crippen LogP contribution in [0.15, 0.2) is 42.7 Å². The highest BCUT2D eigenvalue weighted by Gasteiger charge is 2.12. The van der Waals surface area contributed by atoms with E-state index in [0.29, 0.717) is 17.9 Å². The van der Waals surface area contributed by atoms with Crippen LogP contribution in [0.3, 0.4) is 0 Å². The van der Waals surface area contributed by atoms with Gasteiger partial charge in [0.1, 0.15) is 17.6 Å². The number of aldehydes is 1. The van der Waals surface area contributed by atoms with E-state index in [1.807, 2.05) is 0 Å². The van der Waals surface area contributed by atoms with Crippen LogP contribution in [0.4, 0.5) is 0 Å². The smallest absolute Gasteiger partial charge is 0.341 e. The van der Waals surface area contributed by atoms with Gasteiger partial charge in [-0.05, 0) is 24.3 Å². The number of aromatic carboxylic acids is 1. The Bertz CT molecular complexity index is 658. The summed E-state index contributed by atoms with van der Waals surface area (Å²) in [6.45, 7) is 0.423. The highest BCUT2D eigenvalue weighted by atomic mass is 35.5. The van der Waals surface area contributed by atoms with Crippen molar-refractivity contribution in [1.29, 1.82) is 0 Å². The molecule has 0 aliphatic carbocycles. The summed E-state index contributed by atoms with van der Waals surface area (Å²) in [6.07, 6.45) is 4.07. The van der Waals surface area contributed by atoms with E-state index >= 15 is 0 Å². The van der Waals surface area contributed by atoms with Gasteiger partial charge in [-0.2, -0.15) is 4.57 Å². The van der Waals surface area contributed by atoms with Crippen LogP contribution < -0.4 is 21.7 Å². The highest BCUT2D eigenvalue weighted by molar-refractivity contribution is 5.86. The van der Waals surface area contributed by atoms with E-state index in [1.165, 1.54) is 12.3 Å². The maximum Gasteiger partial charge on any atom is 0.341 e. The number of halogens is 1. The van der Waals surface area contributed by atoms with Gasteiger partial charge in [-0.3, -0.25) is 4.79 Å². The summed E-state index contributed by atoms with van der Waals surface area (Å²) >= 11 is 0. The van der Waals surface area contributed by atoms with E-state index in [4.69, 9.17) is 9.84 Å². The Morgan fingerprint density at radius 3 is 2.76 bits per heavy atom. The molecule has 0 saturated carbocycles. The predicted octanol–water partition coefficient (Wildman–Crippen LogP) is -1.45. The third-order valence-corrected chi connectivity index (χ3v) is 2.90. The Kier molecular flexibility index (Phi) is 5.87. The van der Waals surface area contributed by atoms with Crippen molar-refractivity contribution in [2.45, 2.75) is 6.54 Å². The van der Waals surface area contributed by atoms with E-state index in [2.05, 4.69) is 0 Å². The first-order chi connectivity index (χ1) is 9.63. The third-order valence-electron chi connectivity index (χ3n) is 2.90. The number of methoxy groups -OCH3 is 1. The van der Waals surface area contributed by atoms with Crippen molar-refractivity contribution < 1.29 is 36.4 Å². The molecule has 1 heterocycles. The van der Waals surface area contributed by atoms with Crippen molar-refractivity contribution in [3.8, 4) is 5.75 Å². The molecule has 1 aromatic carbocycles. The maximum absolute atomic E-state index is 10.9. The standard InChI is InChI=1S/C15H13NO4.ClH/c1-20-14-5-4-11(10-17)7-13(14)9-16-6-2-3-12(8-16)15(18)19;/h2-8,10H,9H2,1H3;1H. The lowest BCUT2D eigenvalue weighted by molar-refractivity contribution is -0.688. The molecule has 0 amide bonds. The minimum absolute atomic E-state index is 0. The zero-order valence-electron chi connectivity index (χ0n) is 11.3. The number of pyridine rings is 1. The molecule has 0 atom stereocenters. The Balaban J connectivity index is 0.00000220. The number of carbonyl (C=O) groups excluding carboxylic acids is 1. The first-order valence-corrected chi connectivity index (χ1v) is 5.98. The lowest BCUT2D eigenvalue weighted by atomic mass is 10.1. The number of nitrogens with zero attached hydrogens (tertiary/aromatic N) is 1. The lowest BCUT2D eigenvalue weighted by Crippen LogP contribution is -3.00. The van der Waals surface area contributed by atoms with Gasteiger partial charge >= 0.3 is 5.97 Å². The summed E-state index contributed by atoms with van der Waals surface area (Å²) in [7, 11) is 1.55. The fraction of sp³-hybridized carbons (Fsp3) is 0.133. The second-order valence-electron chi connectivity index (χ2n) is 4.26. The van der Waals surface area contributed by atoms with Crippen molar-refractivity contribution in [3.05, 3.63) is 59.4 Å². The van der Waals surface area contributed by atoms with E-state index in [1.54, 1.807) is 42.1 Å². The zero-order valence-corrected chi connectivity index (χ0v) is 12.1. The average molecular weight is 308 g/mol. The molecular formula is C15H14ClNO4. The minimum Gasteiger partial charge on any atom is -1.00 e. The molecule has 0 unspecified atom stereocenters. The van der Waals surface area contributed by atoms with Gasteiger partial charge in [0, 0.05) is 11.6 Å². The van der Waals surface area contributed by atoms with Crippen LogP contribution in [-0.2, 0) is 6.54 Å². The number of rotatable bonds is 5. The highest BCUT2D eigenvalue weighted by Crippen LogP contribution is 2.18. The lowest BCUT2D eigenvalue weighted by Gasteiger charge is -2.06. The van der Waals surface area contributed by atoms with E-state index < -0.39 is 5.97 Å². The van der Waals surface area contributed by atoms with E-state index in [-0.39, 0.29) is 18.0 Å². The third kappa shape index (κ3) is 4.03. The summed E-state index contributed by atoms with van der Waals surface area (Å²) in [5.41, 5.74) is 1.57. The topological polar surface area (TPSA) is 67.5 Å². The van der Waals surface area contributed by atoms with Gasteiger partial charge in [-0.25, -0.2) is 4.79 Å². The quantitative estimate of drug-likeness (QED) is 0.542. The van der Waals surface area contributed by atoms with Crippen LogP contribution in [0.2, 0.25) is 0 Å². The first-order valence-electron chi connectivity index (χ1n) is 5.98. The molecule has 0 spiro atoms. The van der Waals surface area contributed by atoms with Gasteiger partial charge in [0.2, 0.25) is 0 Å². The summed E-state index contributed by atoms with van der Waals surface area (Å²) in [4.78, 5) is 21.8. The zero-order chi connectivity index (χ0) is 14.5. The van der Waals surface area contributed by atoms with Crippen molar-refractivity contribution in [2.24, 2.45) is 0 Å². The number of carbonyl (C=O) groups is 2. The summed E-state index contributed by atoms with van der Waals surface area (Å²) in [5, 5.41) is 8.97. The van der Waals surface area contributed by atoms with Crippen molar-refractivity contribution in [2.75, 3.05) is 7.11 Å². The molecule has 0 saturated heterocycles. The van der Waals surface area contributed by atoms with Crippen LogP contribution in [0, 0.1) is 0 Å². The molecule has 5 nitrogen and oxygen atoms in total. The number of hydrogen-bond donors (Lipinski definition) is 1. The second kappa shape index (κ2) is 7.40.